The molecule has 0 amide bonds. The lowest BCUT2D eigenvalue weighted by molar-refractivity contribution is 0.202. The molecule has 21 heavy (non-hydrogen) atoms. The first-order valence-corrected chi connectivity index (χ1v) is 8.22. The number of rotatable bonds is 9. The van der Waals surface area contributed by atoms with Crippen molar-refractivity contribution in [2.24, 2.45) is 5.92 Å². The molecule has 0 aliphatic heterocycles. The lowest BCUT2D eigenvalue weighted by Gasteiger charge is -2.32. The number of pyridine rings is 1. The average molecular weight is 289 g/mol. The van der Waals surface area contributed by atoms with Gasteiger partial charge in [-0.15, -0.1) is 0 Å². The van der Waals surface area contributed by atoms with Crippen LogP contribution in [0.25, 0.3) is 0 Å². The Balaban J connectivity index is 1.75. The van der Waals surface area contributed by atoms with Crippen LogP contribution in [0.4, 0.5) is 5.82 Å². The molecule has 1 unspecified atom stereocenters. The lowest BCUT2D eigenvalue weighted by Crippen LogP contribution is -2.39. The van der Waals surface area contributed by atoms with Crippen LogP contribution in [0.5, 0.6) is 0 Å². The van der Waals surface area contributed by atoms with E-state index in [1.54, 1.807) is 7.11 Å². The van der Waals surface area contributed by atoms with Gasteiger partial charge < -0.3 is 15.0 Å². The first-order valence-electron chi connectivity index (χ1n) is 8.22. The Morgan fingerprint density at radius 3 is 2.86 bits per heavy atom. The standard InChI is InChI=1S/C17H27N3O/c1-13(14-5-6-14)20(10-11-21-2)17-15(4-3-9-18-17)12-19-16-7-8-16/h3-4,9,13-14,16,19H,5-8,10-12H2,1-2H3. The van der Waals surface area contributed by atoms with E-state index in [9.17, 15) is 0 Å². The largest absolute Gasteiger partial charge is 0.383 e. The second-order valence-corrected chi connectivity index (χ2v) is 6.41. The first kappa shape index (κ1) is 14.8. The van der Waals surface area contributed by atoms with Crippen molar-refractivity contribution in [2.75, 3.05) is 25.2 Å². The van der Waals surface area contributed by atoms with Crippen molar-refractivity contribution < 1.29 is 4.74 Å². The van der Waals surface area contributed by atoms with Crippen molar-refractivity contribution >= 4 is 5.82 Å². The minimum atomic E-state index is 0.551. The summed E-state index contributed by atoms with van der Waals surface area (Å²) in [7, 11) is 1.77. The van der Waals surface area contributed by atoms with Gasteiger partial charge in [-0.2, -0.15) is 0 Å². The zero-order chi connectivity index (χ0) is 14.7. The van der Waals surface area contributed by atoms with E-state index < -0.39 is 0 Å². The molecule has 2 saturated carbocycles. The molecule has 0 radical (unpaired) electrons. The molecular formula is C17H27N3O. The minimum absolute atomic E-state index is 0.551. The van der Waals surface area contributed by atoms with Crippen molar-refractivity contribution in [3.63, 3.8) is 0 Å². The van der Waals surface area contributed by atoms with Gasteiger partial charge in [0, 0.05) is 44.0 Å². The Kier molecular flexibility index (Phi) is 4.76. The molecule has 2 fully saturated rings. The summed E-state index contributed by atoms with van der Waals surface area (Å²) in [6.45, 7) is 4.93. The van der Waals surface area contributed by atoms with E-state index in [0.29, 0.717) is 6.04 Å². The molecule has 1 atom stereocenters. The molecule has 2 aliphatic rings. The molecule has 116 valence electrons. The SMILES string of the molecule is COCCN(c1ncccc1CNC1CC1)C(C)C1CC1. The van der Waals surface area contributed by atoms with E-state index in [4.69, 9.17) is 9.72 Å². The highest BCUT2D eigenvalue weighted by atomic mass is 16.5. The van der Waals surface area contributed by atoms with Gasteiger partial charge in [-0.05, 0) is 44.6 Å². The van der Waals surface area contributed by atoms with E-state index in [2.05, 4.69) is 23.2 Å². The highest BCUT2D eigenvalue weighted by molar-refractivity contribution is 5.48. The maximum atomic E-state index is 5.31. The molecule has 0 aromatic carbocycles. The van der Waals surface area contributed by atoms with Gasteiger partial charge >= 0.3 is 0 Å². The van der Waals surface area contributed by atoms with Crippen LogP contribution >= 0.6 is 0 Å². The normalized spacial score (nSPS) is 19.5. The second kappa shape index (κ2) is 6.75. The smallest absolute Gasteiger partial charge is 0.133 e. The fourth-order valence-corrected chi connectivity index (χ4v) is 2.89. The predicted octanol–water partition coefficient (Wildman–Crippen LogP) is 2.58. The Labute approximate surface area is 127 Å². The zero-order valence-electron chi connectivity index (χ0n) is 13.2. The van der Waals surface area contributed by atoms with E-state index in [1.807, 2.05) is 12.3 Å². The summed E-state index contributed by atoms with van der Waals surface area (Å²) in [4.78, 5) is 7.14. The molecule has 1 aromatic heterocycles. The van der Waals surface area contributed by atoms with Crippen molar-refractivity contribution in [2.45, 2.75) is 51.2 Å². The number of anilines is 1. The fraction of sp³-hybridized carbons (Fsp3) is 0.706. The molecule has 0 bridgehead atoms. The van der Waals surface area contributed by atoms with Gasteiger partial charge in [0.15, 0.2) is 0 Å². The Bertz CT molecular complexity index is 457. The molecule has 0 saturated heterocycles. The van der Waals surface area contributed by atoms with Gasteiger partial charge in [0.25, 0.3) is 0 Å². The third kappa shape index (κ3) is 3.95. The minimum Gasteiger partial charge on any atom is -0.383 e. The average Bonchev–Trinajstić information content (AvgIpc) is 3.40. The van der Waals surface area contributed by atoms with E-state index >= 15 is 0 Å². The Hall–Kier alpha value is -1.13. The molecule has 1 N–H and O–H groups in total. The fourth-order valence-electron chi connectivity index (χ4n) is 2.89. The van der Waals surface area contributed by atoms with Crippen molar-refractivity contribution in [1.82, 2.24) is 10.3 Å². The summed E-state index contributed by atoms with van der Waals surface area (Å²) in [5, 5.41) is 3.61. The number of nitrogens with zero attached hydrogens (tertiary/aromatic N) is 2. The number of hydrogen-bond donors (Lipinski definition) is 1. The quantitative estimate of drug-likeness (QED) is 0.758. The summed E-state index contributed by atoms with van der Waals surface area (Å²) >= 11 is 0. The van der Waals surface area contributed by atoms with Crippen LogP contribution in [0.15, 0.2) is 18.3 Å². The molecule has 4 nitrogen and oxygen atoms in total. The number of hydrogen-bond acceptors (Lipinski definition) is 4. The summed E-state index contributed by atoms with van der Waals surface area (Å²) in [6.07, 6.45) is 7.26. The third-order valence-corrected chi connectivity index (χ3v) is 4.63. The van der Waals surface area contributed by atoms with Crippen molar-refractivity contribution in [3.05, 3.63) is 23.9 Å². The predicted molar refractivity (Wildman–Crippen MR) is 85.5 cm³/mol. The van der Waals surface area contributed by atoms with Crippen LogP contribution in [-0.4, -0.2) is 37.3 Å². The van der Waals surface area contributed by atoms with Gasteiger partial charge in [-0.1, -0.05) is 6.07 Å². The van der Waals surface area contributed by atoms with Crippen LogP contribution in [0.1, 0.15) is 38.2 Å². The monoisotopic (exact) mass is 289 g/mol. The maximum absolute atomic E-state index is 5.31. The van der Waals surface area contributed by atoms with E-state index in [-0.39, 0.29) is 0 Å². The molecule has 1 heterocycles. The van der Waals surface area contributed by atoms with Gasteiger partial charge in [0.05, 0.1) is 6.61 Å². The van der Waals surface area contributed by atoms with Crippen LogP contribution in [0.3, 0.4) is 0 Å². The number of methoxy groups -OCH3 is 1. The number of aromatic nitrogens is 1. The van der Waals surface area contributed by atoms with Crippen LogP contribution in [0.2, 0.25) is 0 Å². The van der Waals surface area contributed by atoms with Gasteiger partial charge in [-0.25, -0.2) is 4.98 Å². The lowest BCUT2D eigenvalue weighted by atomic mass is 10.1. The Morgan fingerprint density at radius 2 is 2.19 bits per heavy atom. The summed E-state index contributed by atoms with van der Waals surface area (Å²) in [6, 6.07) is 5.53. The first-order chi connectivity index (χ1) is 10.3. The summed E-state index contributed by atoms with van der Waals surface area (Å²) in [5.41, 5.74) is 1.31. The van der Waals surface area contributed by atoms with Gasteiger partial charge in [-0.3, -0.25) is 0 Å². The zero-order valence-corrected chi connectivity index (χ0v) is 13.2. The molecule has 2 aliphatic carbocycles. The van der Waals surface area contributed by atoms with Gasteiger partial charge in [0.2, 0.25) is 0 Å². The molecular weight excluding hydrogens is 262 g/mol. The third-order valence-electron chi connectivity index (χ3n) is 4.63. The van der Waals surface area contributed by atoms with Crippen molar-refractivity contribution in [1.29, 1.82) is 0 Å². The van der Waals surface area contributed by atoms with Crippen LogP contribution in [-0.2, 0) is 11.3 Å². The number of nitrogens with one attached hydrogen (secondary N) is 1. The van der Waals surface area contributed by atoms with Crippen LogP contribution < -0.4 is 10.2 Å². The topological polar surface area (TPSA) is 37.4 Å². The molecule has 3 rings (SSSR count). The van der Waals surface area contributed by atoms with Crippen molar-refractivity contribution in [3.8, 4) is 0 Å². The molecule has 0 spiro atoms. The highest BCUT2D eigenvalue weighted by Gasteiger charge is 2.33. The number of ether oxygens (including phenoxy) is 1. The molecule has 1 aromatic rings. The van der Waals surface area contributed by atoms with E-state index in [1.165, 1.54) is 31.2 Å². The molecule has 4 heteroatoms. The maximum Gasteiger partial charge on any atom is 0.133 e. The Morgan fingerprint density at radius 1 is 1.38 bits per heavy atom. The van der Waals surface area contributed by atoms with Crippen LogP contribution in [0, 0.1) is 5.92 Å². The van der Waals surface area contributed by atoms with Gasteiger partial charge in [0.1, 0.15) is 5.82 Å². The summed E-state index contributed by atoms with van der Waals surface area (Å²) < 4.78 is 5.31. The highest BCUT2D eigenvalue weighted by Crippen LogP contribution is 2.37. The second-order valence-electron chi connectivity index (χ2n) is 6.41. The summed E-state index contributed by atoms with van der Waals surface area (Å²) in [5.74, 6) is 1.97. The van der Waals surface area contributed by atoms with E-state index in [0.717, 1.165) is 37.5 Å².